The van der Waals surface area contributed by atoms with Gasteiger partial charge in [-0.3, -0.25) is 29.0 Å². The number of amides is 5. The molecule has 5 amide bonds. The average molecular weight is 878 g/mol. The number of nitrogens with zero attached hydrogens (tertiary/aromatic N) is 4. The summed E-state index contributed by atoms with van der Waals surface area (Å²) in [5.74, 6) is -2.25. The number of imidazole rings is 1. The van der Waals surface area contributed by atoms with E-state index >= 15 is 0 Å². The van der Waals surface area contributed by atoms with Crippen LogP contribution in [0.2, 0.25) is 0 Å². The molecule has 0 aromatic carbocycles. The number of ether oxygens (including phenoxy) is 2. The predicted molar refractivity (Wildman–Crippen MR) is 226 cm³/mol. The number of aromatic amines is 1. The van der Waals surface area contributed by atoms with Crippen LogP contribution in [0.25, 0.3) is 16.4 Å². The monoisotopic (exact) mass is 877 g/mol. The summed E-state index contributed by atoms with van der Waals surface area (Å²) in [5, 5.41) is 36.2. The number of thioether (sulfide) groups is 2. The van der Waals surface area contributed by atoms with Gasteiger partial charge in [-0.15, -0.1) is 11.8 Å². The zero-order valence-corrected chi connectivity index (χ0v) is 34.9. The lowest BCUT2D eigenvalue weighted by Gasteiger charge is -2.26. The van der Waals surface area contributed by atoms with Crippen molar-refractivity contribution < 1.29 is 38.6 Å². The topological polar surface area (TPSA) is 354 Å². The molecule has 2 saturated heterocycles. The highest BCUT2D eigenvalue weighted by Gasteiger charge is 2.42. The number of primary amides is 1. The molecule has 2 aliphatic rings. The van der Waals surface area contributed by atoms with E-state index in [9.17, 15) is 33.9 Å². The zero-order chi connectivity index (χ0) is 43.4. The van der Waals surface area contributed by atoms with Gasteiger partial charge in [-0.05, 0) is 56.9 Å². The lowest BCUT2D eigenvalue weighted by Crippen LogP contribution is -2.47. The molecule has 332 valence electrons. The number of nitrogens with one attached hydrogen (secondary N) is 6. The van der Waals surface area contributed by atoms with Crippen LogP contribution in [0.3, 0.4) is 0 Å². The molecule has 24 heteroatoms. The Morgan fingerprint density at radius 1 is 1.10 bits per heavy atom. The summed E-state index contributed by atoms with van der Waals surface area (Å²) in [7, 11) is 0. The Labute approximate surface area is 354 Å². The van der Waals surface area contributed by atoms with Gasteiger partial charge < -0.3 is 73.3 Å². The standard InChI is InChI=1S/C36H57N13O9S2/c37-26-15-24-31(34(55)47-26)43-19-49(24)20-57-13-14-58-29(52)18-59-16-23(32(38)53)45-33(54)21(7-6-12-42-35(39)40)44-28(51)10-2-1-5-11-41-27(50)9-4-3-8-25-30-22(17-60-25)46-36(56)48-30/h15,19,21-23,25,30H,1-14,16-18,20H2,(H14,37,38,39,40,41,42,44,45,46,47,48,50,51,53,54,55,56)/p-2/t21?,22-,23-,25?,30-/m0/s1. The molecule has 4 rings (SSSR count). The highest BCUT2D eigenvalue weighted by Crippen LogP contribution is 2.33. The van der Waals surface area contributed by atoms with Crippen LogP contribution >= 0.6 is 23.5 Å². The van der Waals surface area contributed by atoms with Crippen LogP contribution in [-0.4, -0.2) is 129 Å². The molecule has 0 radical (unpaired) electrons. The maximum atomic E-state index is 13.2. The second kappa shape index (κ2) is 24.8. The van der Waals surface area contributed by atoms with Crippen molar-refractivity contribution in [3.63, 3.8) is 0 Å². The Hall–Kier alpha value is -5.23. The number of unbranched alkanes of at least 4 members (excludes halogenated alkanes) is 3. The van der Waals surface area contributed by atoms with E-state index in [4.69, 9.17) is 32.1 Å². The number of anilines is 1. The fraction of sp³-hybridized carbons (Fsp3) is 0.639. The Bertz CT molecular complexity index is 1880. The number of nitrogen functional groups attached to an aromatic ring is 1. The van der Waals surface area contributed by atoms with Crippen LogP contribution in [0, 0.1) is 5.41 Å². The van der Waals surface area contributed by atoms with Gasteiger partial charge in [0.15, 0.2) is 5.52 Å². The molecule has 22 nitrogen and oxygen atoms in total. The summed E-state index contributed by atoms with van der Waals surface area (Å²) in [6.45, 7) is 0.608. The SMILES string of the molecule is N=C(N)[N-]CCCC(NC(=O)CCCCCNC(=O)CCCCC1SC[C@@H]2NC(=O)N[C@H]12)C([O-])=N[C@@H](CSCC(=O)OCCOCn1cnc2c(=O)[nH]c(N)cc21)C(N)=O. The number of aromatic nitrogens is 3. The van der Waals surface area contributed by atoms with Gasteiger partial charge in [0.2, 0.25) is 17.7 Å². The molecule has 0 bridgehead atoms. The Balaban J connectivity index is 1.11. The maximum Gasteiger partial charge on any atom is 0.315 e. The molecular formula is C36H55N13O9S2-2. The quantitative estimate of drug-likeness (QED) is 0.0165. The van der Waals surface area contributed by atoms with Crippen LogP contribution in [-0.2, 0) is 35.4 Å². The van der Waals surface area contributed by atoms with E-state index < -0.39 is 41.3 Å². The van der Waals surface area contributed by atoms with Gasteiger partial charge in [0, 0.05) is 42.2 Å². The van der Waals surface area contributed by atoms with Crippen LogP contribution < -0.4 is 49.1 Å². The van der Waals surface area contributed by atoms with Crippen molar-refractivity contribution in [2.45, 2.75) is 100 Å². The van der Waals surface area contributed by atoms with Crippen molar-refractivity contribution in [1.29, 1.82) is 5.41 Å². The molecule has 0 spiro atoms. The van der Waals surface area contributed by atoms with Gasteiger partial charge >= 0.3 is 12.0 Å². The highest BCUT2D eigenvalue weighted by molar-refractivity contribution is 8.00. The molecule has 2 aromatic rings. The summed E-state index contributed by atoms with van der Waals surface area (Å²) >= 11 is 2.84. The van der Waals surface area contributed by atoms with E-state index in [1.54, 1.807) is 10.6 Å². The Morgan fingerprint density at radius 2 is 1.88 bits per heavy atom. The van der Waals surface area contributed by atoms with Crippen LogP contribution in [0.1, 0.15) is 64.2 Å². The number of hydrogen-bond donors (Lipinski definition) is 9. The zero-order valence-electron chi connectivity index (χ0n) is 33.3. The van der Waals surface area contributed by atoms with Gasteiger partial charge in [-0.25, -0.2) is 9.78 Å². The molecule has 2 aromatic heterocycles. The predicted octanol–water partition coefficient (Wildman–Crippen LogP) is -0.895. The third kappa shape index (κ3) is 16.1. The number of pyridine rings is 1. The number of esters is 1. The number of urea groups is 1. The van der Waals surface area contributed by atoms with Crippen molar-refractivity contribution in [2.24, 2.45) is 16.5 Å². The van der Waals surface area contributed by atoms with Crippen molar-refractivity contribution in [3.8, 4) is 0 Å². The number of rotatable bonds is 28. The van der Waals surface area contributed by atoms with Gasteiger partial charge in [-0.2, -0.15) is 11.8 Å². The van der Waals surface area contributed by atoms with Crippen molar-refractivity contribution in [3.05, 3.63) is 28.1 Å². The molecule has 12 N–H and O–H groups in total. The number of guanidine groups is 1. The largest absolute Gasteiger partial charge is 0.861 e. The first-order valence-electron chi connectivity index (χ1n) is 19.8. The summed E-state index contributed by atoms with van der Waals surface area (Å²) in [4.78, 5) is 83.6. The van der Waals surface area contributed by atoms with Crippen molar-refractivity contribution in [2.75, 3.05) is 49.3 Å². The molecule has 0 saturated carbocycles. The number of aliphatic imine (C=N–C) groups is 1. The summed E-state index contributed by atoms with van der Waals surface area (Å²) in [6, 6.07) is -0.583. The molecule has 4 heterocycles. The van der Waals surface area contributed by atoms with Crippen LogP contribution in [0.15, 0.2) is 22.2 Å². The van der Waals surface area contributed by atoms with E-state index in [2.05, 4.69) is 41.5 Å². The Kier molecular flexibility index (Phi) is 19.6. The smallest absolute Gasteiger partial charge is 0.315 e. The van der Waals surface area contributed by atoms with Crippen molar-refractivity contribution >= 4 is 82.0 Å². The molecular weight excluding hydrogens is 823 g/mol. The molecule has 0 aliphatic carbocycles. The highest BCUT2D eigenvalue weighted by atomic mass is 32.2. The number of carbonyl (C=O) groups excluding carboxylic acids is 5. The van der Waals surface area contributed by atoms with E-state index in [0.29, 0.717) is 49.4 Å². The van der Waals surface area contributed by atoms with E-state index in [0.717, 1.165) is 36.8 Å². The number of fused-ring (bicyclic) bond motifs is 2. The minimum Gasteiger partial charge on any atom is -0.861 e. The van der Waals surface area contributed by atoms with Gasteiger partial charge in [0.25, 0.3) is 5.56 Å². The third-order valence-electron chi connectivity index (χ3n) is 9.52. The summed E-state index contributed by atoms with van der Waals surface area (Å²) < 4.78 is 12.2. The first-order valence-corrected chi connectivity index (χ1v) is 22.0. The van der Waals surface area contributed by atoms with E-state index in [-0.39, 0.29) is 92.2 Å². The van der Waals surface area contributed by atoms with Crippen LogP contribution in [0.4, 0.5) is 10.6 Å². The average Bonchev–Trinajstić information content (AvgIpc) is 3.89. The molecule has 60 heavy (non-hydrogen) atoms. The first-order chi connectivity index (χ1) is 28.8. The van der Waals surface area contributed by atoms with Crippen molar-refractivity contribution in [1.82, 2.24) is 35.8 Å². The molecule has 2 fully saturated rings. The second-order valence-electron chi connectivity index (χ2n) is 14.2. The van der Waals surface area contributed by atoms with Gasteiger partial charge in [0.1, 0.15) is 25.2 Å². The minimum atomic E-state index is -1.28. The van der Waals surface area contributed by atoms with E-state index in [1.165, 1.54) is 6.33 Å². The first kappa shape index (κ1) is 47.4. The maximum absolute atomic E-state index is 13.2. The molecule has 2 aliphatic heterocycles. The Morgan fingerprint density at radius 3 is 2.67 bits per heavy atom. The lowest BCUT2D eigenvalue weighted by atomic mass is 10.0. The van der Waals surface area contributed by atoms with Gasteiger partial charge in [-0.1, -0.05) is 12.8 Å². The number of nitrogens with two attached hydrogens (primary N) is 3. The van der Waals surface area contributed by atoms with E-state index in [1.807, 2.05) is 11.8 Å². The third-order valence-corrected chi connectivity index (χ3v) is 12.0. The number of carbonyl (C=O) groups is 5. The molecule has 5 atom stereocenters. The normalized spacial score (nSPS) is 18.2. The van der Waals surface area contributed by atoms with Gasteiger partial charge in [0.05, 0.1) is 42.3 Å². The molecule has 2 unspecified atom stereocenters. The lowest BCUT2D eigenvalue weighted by molar-refractivity contribution is -0.222. The second-order valence-corrected chi connectivity index (χ2v) is 16.5. The van der Waals surface area contributed by atoms with Crippen LogP contribution in [0.5, 0.6) is 0 Å². The number of H-pyrrole nitrogens is 1. The minimum absolute atomic E-state index is 0.0267. The number of hydrogen-bond acceptors (Lipinski definition) is 15. The summed E-state index contributed by atoms with van der Waals surface area (Å²) in [6.07, 6.45) is 6.81. The fourth-order valence-corrected chi connectivity index (χ4v) is 8.86. The summed E-state index contributed by atoms with van der Waals surface area (Å²) in [5.41, 5.74) is 16.8. The fourth-order valence-electron chi connectivity index (χ4n) is 6.49.